The molecule has 3 rings (SSSR count). The van der Waals surface area contributed by atoms with Crippen LogP contribution in [-0.2, 0) is 6.54 Å². The summed E-state index contributed by atoms with van der Waals surface area (Å²) >= 11 is 0. The molecule has 2 fully saturated rings. The van der Waals surface area contributed by atoms with Gasteiger partial charge in [0, 0.05) is 31.5 Å². The molecule has 3 nitrogen and oxygen atoms in total. The van der Waals surface area contributed by atoms with Crippen molar-refractivity contribution >= 4 is 0 Å². The molecule has 0 bridgehead atoms. The maximum atomic E-state index is 4.18. The average molecular weight is 287 g/mol. The third-order valence-corrected chi connectivity index (χ3v) is 5.13. The minimum absolute atomic E-state index is 0.831. The highest BCUT2D eigenvalue weighted by molar-refractivity contribution is 5.07. The van der Waals surface area contributed by atoms with Crippen LogP contribution in [0.1, 0.15) is 50.5 Å². The molecule has 2 heterocycles. The lowest BCUT2D eigenvalue weighted by molar-refractivity contribution is 0.0979. The standard InChI is InChI=1S/C18H29N3/c1-2-8-18(9-3-1)21-11-5-7-17(15-21)14-20-13-16-6-4-10-19-12-16/h4,6,10,12,17-18,20H,1-3,5,7-9,11,13-15H2. The van der Waals surface area contributed by atoms with Gasteiger partial charge in [0.1, 0.15) is 0 Å². The molecule has 1 aromatic heterocycles. The molecular weight excluding hydrogens is 258 g/mol. The first-order chi connectivity index (χ1) is 10.4. The van der Waals surface area contributed by atoms with Crippen molar-refractivity contribution in [3.8, 4) is 0 Å². The van der Waals surface area contributed by atoms with Crippen molar-refractivity contribution in [2.45, 2.75) is 57.5 Å². The van der Waals surface area contributed by atoms with E-state index >= 15 is 0 Å². The fraction of sp³-hybridized carbons (Fsp3) is 0.722. The molecule has 0 amide bonds. The zero-order valence-electron chi connectivity index (χ0n) is 13.1. The van der Waals surface area contributed by atoms with Crippen LogP contribution in [0, 0.1) is 5.92 Å². The van der Waals surface area contributed by atoms with Gasteiger partial charge in [-0.2, -0.15) is 0 Å². The van der Waals surface area contributed by atoms with Crippen LogP contribution in [0.15, 0.2) is 24.5 Å². The number of hydrogen-bond acceptors (Lipinski definition) is 3. The first-order valence-corrected chi connectivity index (χ1v) is 8.75. The average Bonchev–Trinajstić information content (AvgIpc) is 2.57. The van der Waals surface area contributed by atoms with E-state index in [2.05, 4.69) is 21.3 Å². The molecule has 21 heavy (non-hydrogen) atoms. The van der Waals surface area contributed by atoms with Gasteiger partial charge in [0.15, 0.2) is 0 Å². The van der Waals surface area contributed by atoms with E-state index < -0.39 is 0 Å². The lowest BCUT2D eigenvalue weighted by Crippen LogP contribution is -2.45. The van der Waals surface area contributed by atoms with Crippen molar-refractivity contribution in [1.82, 2.24) is 15.2 Å². The lowest BCUT2D eigenvalue weighted by atomic mass is 9.90. The summed E-state index contributed by atoms with van der Waals surface area (Å²) in [6.45, 7) is 4.75. The number of aromatic nitrogens is 1. The second-order valence-electron chi connectivity index (χ2n) is 6.79. The van der Waals surface area contributed by atoms with Gasteiger partial charge >= 0.3 is 0 Å². The van der Waals surface area contributed by atoms with Gasteiger partial charge in [-0.1, -0.05) is 25.3 Å². The van der Waals surface area contributed by atoms with E-state index in [-0.39, 0.29) is 0 Å². The van der Waals surface area contributed by atoms with Crippen molar-refractivity contribution in [1.29, 1.82) is 0 Å². The number of likely N-dealkylation sites (tertiary alicyclic amines) is 1. The summed E-state index contributed by atoms with van der Waals surface area (Å²) in [6.07, 6.45) is 13.8. The first kappa shape index (κ1) is 15.0. The Kier molecular flexibility index (Phi) is 5.64. The third-order valence-electron chi connectivity index (χ3n) is 5.13. The van der Waals surface area contributed by atoms with Gasteiger partial charge in [0.2, 0.25) is 0 Å². The summed E-state index contributed by atoms with van der Waals surface area (Å²) in [5.74, 6) is 0.831. The Labute approximate surface area is 129 Å². The number of piperidine rings is 1. The van der Waals surface area contributed by atoms with Crippen LogP contribution in [0.2, 0.25) is 0 Å². The van der Waals surface area contributed by atoms with E-state index in [0.717, 1.165) is 25.0 Å². The largest absolute Gasteiger partial charge is 0.312 e. The van der Waals surface area contributed by atoms with Crippen LogP contribution in [0.4, 0.5) is 0 Å². The molecule has 1 saturated heterocycles. The fourth-order valence-corrected chi connectivity index (χ4v) is 3.97. The molecule has 1 aliphatic heterocycles. The Morgan fingerprint density at radius 1 is 1.14 bits per heavy atom. The summed E-state index contributed by atoms with van der Waals surface area (Å²) < 4.78 is 0. The predicted molar refractivity (Wildman–Crippen MR) is 87.1 cm³/mol. The summed E-state index contributed by atoms with van der Waals surface area (Å²) in [4.78, 5) is 6.97. The second-order valence-corrected chi connectivity index (χ2v) is 6.79. The molecule has 0 spiro atoms. The molecule has 0 aromatic carbocycles. The molecule has 1 saturated carbocycles. The Hall–Kier alpha value is -0.930. The highest BCUT2D eigenvalue weighted by atomic mass is 15.2. The smallest absolute Gasteiger partial charge is 0.0312 e. The number of rotatable bonds is 5. The van der Waals surface area contributed by atoms with Gasteiger partial charge in [0.25, 0.3) is 0 Å². The van der Waals surface area contributed by atoms with E-state index in [1.54, 1.807) is 0 Å². The maximum Gasteiger partial charge on any atom is 0.0312 e. The molecule has 1 atom stereocenters. The molecule has 116 valence electrons. The normalized spacial score (nSPS) is 25.0. The lowest BCUT2D eigenvalue weighted by Gasteiger charge is -2.40. The van der Waals surface area contributed by atoms with Crippen molar-refractivity contribution in [3.05, 3.63) is 30.1 Å². The maximum absolute atomic E-state index is 4.18. The van der Waals surface area contributed by atoms with E-state index in [4.69, 9.17) is 0 Å². The highest BCUT2D eigenvalue weighted by Crippen LogP contribution is 2.26. The van der Waals surface area contributed by atoms with Crippen molar-refractivity contribution in [2.24, 2.45) is 5.92 Å². The Morgan fingerprint density at radius 2 is 2.05 bits per heavy atom. The fourth-order valence-electron chi connectivity index (χ4n) is 3.97. The SMILES string of the molecule is c1cncc(CNCC2CCCN(C3CCCCC3)C2)c1. The van der Waals surface area contributed by atoms with Gasteiger partial charge in [0.05, 0.1) is 0 Å². The van der Waals surface area contributed by atoms with Crippen LogP contribution in [-0.4, -0.2) is 35.6 Å². The number of nitrogens with one attached hydrogen (secondary N) is 1. The van der Waals surface area contributed by atoms with Crippen molar-refractivity contribution in [2.75, 3.05) is 19.6 Å². The van der Waals surface area contributed by atoms with Gasteiger partial charge in [-0.15, -0.1) is 0 Å². The van der Waals surface area contributed by atoms with Gasteiger partial charge in [-0.05, 0) is 56.3 Å². The van der Waals surface area contributed by atoms with Gasteiger partial charge in [-0.25, -0.2) is 0 Å². The summed E-state index contributed by atoms with van der Waals surface area (Å²) in [6, 6.07) is 5.05. The van der Waals surface area contributed by atoms with E-state index in [0.29, 0.717) is 0 Å². The van der Waals surface area contributed by atoms with Crippen molar-refractivity contribution < 1.29 is 0 Å². The van der Waals surface area contributed by atoms with Crippen LogP contribution < -0.4 is 5.32 Å². The molecule has 3 heteroatoms. The molecule has 2 aliphatic rings. The number of nitrogens with zero attached hydrogens (tertiary/aromatic N) is 2. The van der Waals surface area contributed by atoms with Crippen molar-refractivity contribution in [3.63, 3.8) is 0 Å². The molecule has 1 aliphatic carbocycles. The summed E-state index contributed by atoms with van der Waals surface area (Å²) in [5, 5.41) is 3.63. The number of hydrogen-bond donors (Lipinski definition) is 1. The minimum Gasteiger partial charge on any atom is -0.312 e. The van der Waals surface area contributed by atoms with E-state index in [9.17, 15) is 0 Å². The Balaban J connectivity index is 1.41. The second kappa shape index (κ2) is 7.90. The van der Waals surface area contributed by atoms with E-state index in [1.807, 2.05) is 18.5 Å². The van der Waals surface area contributed by atoms with Crippen LogP contribution in [0.25, 0.3) is 0 Å². The van der Waals surface area contributed by atoms with Gasteiger partial charge in [-0.3, -0.25) is 4.98 Å². The zero-order valence-corrected chi connectivity index (χ0v) is 13.1. The quantitative estimate of drug-likeness (QED) is 0.901. The van der Waals surface area contributed by atoms with Crippen LogP contribution in [0.5, 0.6) is 0 Å². The Bertz CT molecular complexity index is 400. The monoisotopic (exact) mass is 287 g/mol. The number of pyridine rings is 1. The third kappa shape index (κ3) is 4.52. The summed E-state index contributed by atoms with van der Waals surface area (Å²) in [5.41, 5.74) is 1.29. The van der Waals surface area contributed by atoms with E-state index in [1.165, 1.54) is 63.6 Å². The van der Waals surface area contributed by atoms with Gasteiger partial charge < -0.3 is 10.2 Å². The molecule has 1 unspecified atom stereocenters. The minimum atomic E-state index is 0.831. The first-order valence-electron chi connectivity index (χ1n) is 8.75. The van der Waals surface area contributed by atoms with Crippen LogP contribution in [0.3, 0.4) is 0 Å². The predicted octanol–water partition coefficient (Wildman–Crippen LogP) is 3.22. The molecular formula is C18H29N3. The zero-order chi connectivity index (χ0) is 14.3. The molecule has 1 aromatic rings. The topological polar surface area (TPSA) is 28.2 Å². The molecule has 0 radical (unpaired) electrons. The Morgan fingerprint density at radius 3 is 2.86 bits per heavy atom. The highest BCUT2D eigenvalue weighted by Gasteiger charge is 2.26. The molecule has 1 N–H and O–H groups in total. The summed E-state index contributed by atoms with van der Waals surface area (Å²) in [7, 11) is 0. The van der Waals surface area contributed by atoms with Crippen LogP contribution >= 0.6 is 0 Å².